The number of rotatable bonds is 22. The van der Waals surface area contributed by atoms with Crippen molar-refractivity contribution in [2.24, 2.45) is 0 Å². The van der Waals surface area contributed by atoms with Crippen LogP contribution in [0.4, 0.5) is 17.1 Å². The number of benzene rings is 5. The third kappa shape index (κ3) is 14.5. The van der Waals surface area contributed by atoms with E-state index in [9.17, 15) is 18.0 Å². The molecule has 6 N–H and O–H groups in total. The van der Waals surface area contributed by atoms with E-state index in [0.717, 1.165) is 99.8 Å². The van der Waals surface area contributed by atoms with Crippen molar-refractivity contribution in [3.05, 3.63) is 137 Å². The topological polar surface area (TPSA) is 160 Å². The number of unbranched alkanes of at least 4 members (excludes halogenated alkanes) is 3. The smallest absolute Gasteiger partial charge is 0.264 e. The van der Waals surface area contributed by atoms with E-state index in [2.05, 4.69) is 80.3 Å². The number of halogens is 1. The lowest BCUT2D eigenvalue weighted by molar-refractivity contribution is -0.129. The van der Waals surface area contributed by atoms with Gasteiger partial charge in [0.2, 0.25) is 5.91 Å². The molecule has 5 aromatic rings. The molecule has 2 amide bonds. The Morgan fingerprint density at radius 1 is 0.841 bits per heavy atom. The van der Waals surface area contributed by atoms with E-state index in [-0.39, 0.29) is 28.1 Å². The van der Waals surface area contributed by atoms with E-state index in [1.807, 2.05) is 42.5 Å². The van der Waals surface area contributed by atoms with Gasteiger partial charge in [0.05, 0.1) is 16.3 Å². The van der Waals surface area contributed by atoms with Crippen LogP contribution >= 0.6 is 23.4 Å². The van der Waals surface area contributed by atoms with Gasteiger partial charge < -0.3 is 20.9 Å². The highest BCUT2D eigenvalue weighted by atomic mass is 35.5. The standard InChI is InChI=1S/C48H58ClN7O5S2/c1-54(27-10-3-2-7-15-47(57)52-59)28-26-40(35-62-42-12-5-4-6-13-42)51-46-25-24-43(33-45(46)50)63(60,61)53-48(58)37-18-22-41(23-19-37)56-31-29-55(30-32-56)34-38-11-8-9-14-44(38)36-16-20-39(49)21-17-36/h4-6,8-9,11-14,16-25,33,40,51,59H,2-3,7,10,15,26-32,34-35,50H2,1H3,(H,52,57)(H,53,58)/t40-/m1/s1. The summed E-state index contributed by atoms with van der Waals surface area (Å²) < 4.78 is 29.1. The molecule has 1 saturated heterocycles. The number of thioether (sulfide) groups is 1. The molecule has 0 bridgehead atoms. The zero-order valence-electron chi connectivity index (χ0n) is 35.7. The van der Waals surface area contributed by atoms with Crippen molar-refractivity contribution in [2.45, 2.75) is 60.9 Å². The average molecular weight is 913 g/mol. The van der Waals surface area contributed by atoms with Gasteiger partial charge in [-0.05, 0) is 123 Å². The Hall–Kier alpha value is -5.09. The van der Waals surface area contributed by atoms with Gasteiger partial charge in [-0.3, -0.25) is 19.7 Å². The lowest BCUT2D eigenvalue weighted by Crippen LogP contribution is -2.46. The molecule has 0 aliphatic carbocycles. The quantitative estimate of drug-likeness (QED) is 0.0149. The van der Waals surface area contributed by atoms with Gasteiger partial charge in [-0.25, -0.2) is 18.6 Å². The van der Waals surface area contributed by atoms with Crippen LogP contribution in [0, 0.1) is 0 Å². The highest BCUT2D eigenvalue weighted by Gasteiger charge is 2.23. The summed E-state index contributed by atoms with van der Waals surface area (Å²) in [5.74, 6) is -0.315. The highest BCUT2D eigenvalue weighted by Crippen LogP contribution is 2.29. The van der Waals surface area contributed by atoms with E-state index in [4.69, 9.17) is 22.5 Å². The minimum Gasteiger partial charge on any atom is -0.397 e. The molecule has 0 radical (unpaired) electrons. The van der Waals surface area contributed by atoms with Crippen LogP contribution in [0.15, 0.2) is 131 Å². The lowest BCUT2D eigenvalue weighted by atomic mass is 9.99. The normalized spacial score (nSPS) is 13.7. The van der Waals surface area contributed by atoms with Crippen LogP contribution in [0.3, 0.4) is 0 Å². The fraction of sp³-hybridized carbons (Fsp3) is 0.333. The predicted octanol–water partition coefficient (Wildman–Crippen LogP) is 8.38. The van der Waals surface area contributed by atoms with Gasteiger partial charge in [-0.1, -0.05) is 79.0 Å². The van der Waals surface area contributed by atoms with E-state index in [1.165, 1.54) is 23.3 Å². The van der Waals surface area contributed by atoms with E-state index in [0.29, 0.717) is 17.1 Å². The van der Waals surface area contributed by atoms with E-state index < -0.39 is 15.9 Å². The van der Waals surface area contributed by atoms with Gasteiger partial charge in [0, 0.05) is 72.1 Å². The Bertz CT molecular complexity index is 2350. The fourth-order valence-electron chi connectivity index (χ4n) is 7.57. The van der Waals surface area contributed by atoms with Crippen molar-refractivity contribution in [1.82, 2.24) is 20.0 Å². The molecule has 0 spiro atoms. The zero-order chi connectivity index (χ0) is 44.6. The van der Waals surface area contributed by atoms with Gasteiger partial charge in [0.15, 0.2) is 0 Å². The van der Waals surface area contributed by atoms with Crippen LogP contribution in [0.1, 0.15) is 54.4 Å². The zero-order valence-corrected chi connectivity index (χ0v) is 38.1. The molecular weight excluding hydrogens is 854 g/mol. The number of carbonyl (C=O) groups excluding carboxylic acids is 2. The molecule has 5 aromatic carbocycles. The van der Waals surface area contributed by atoms with E-state index >= 15 is 0 Å². The first-order chi connectivity index (χ1) is 30.5. The van der Waals surface area contributed by atoms with Crippen molar-refractivity contribution < 1.29 is 23.2 Å². The number of anilines is 3. The Labute approximate surface area is 381 Å². The molecule has 6 rings (SSSR count). The molecule has 0 saturated carbocycles. The van der Waals surface area contributed by atoms with E-state index in [1.54, 1.807) is 35.4 Å². The summed E-state index contributed by atoms with van der Waals surface area (Å²) in [5, 5.41) is 12.9. The number of hydrogen-bond donors (Lipinski definition) is 5. The van der Waals surface area contributed by atoms with Crippen molar-refractivity contribution in [2.75, 3.05) is 68.0 Å². The number of amides is 2. The van der Waals surface area contributed by atoms with Crippen molar-refractivity contribution in [3.8, 4) is 11.1 Å². The van der Waals surface area contributed by atoms with Crippen molar-refractivity contribution >= 4 is 62.3 Å². The van der Waals surface area contributed by atoms with Gasteiger partial charge in [-0.15, -0.1) is 11.8 Å². The fourth-order valence-corrected chi connectivity index (χ4v) is 9.70. The summed E-state index contributed by atoms with van der Waals surface area (Å²) in [7, 11) is -2.13. The number of nitrogen functional groups attached to an aromatic ring is 1. The first-order valence-electron chi connectivity index (χ1n) is 21.4. The lowest BCUT2D eigenvalue weighted by Gasteiger charge is -2.36. The van der Waals surface area contributed by atoms with Crippen LogP contribution in [0.5, 0.6) is 0 Å². The monoisotopic (exact) mass is 911 g/mol. The number of nitrogens with zero attached hydrogens (tertiary/aromatic N) is 3. The van der Waals surface area contributed by atoms with Crippen LogP contribution in [0.25, 0.3) is 11.1 Å². The third-order valence-electron chi connectivity index (χ3n) is 11.2. The SMILES string of the molecule is CN(CCCCCCC(=O)NO)CC[C@H](CSc1ccccc1)Nc1ccc(S(=O)(=O)NC(=O)c2ccc(N3CCN(Cc4ccccc4-c4ccc(Cl)cc4)CC3)cc2)cc1N. The van der Waals surface area contributed by atoms with Crippen LogP contribution in [0.2, 0.25) is 5.02 Å². The number of nitrogens with one attached hydrogen (secondary N) is 3. The van der Waals surface area contributed by atoms with Crippen LogP contribution in [-0.4, -0.2) is 93.4 Å². The van der Waals surface area contributed by atoms with Gasteiger partial charge in [0.25, 0.3) is 15.9 Å². The summed E-state index contributed by atoms with van der Waals surface area (Å²) in [6.45, 7) is 5.95. The summed E-state index contributed by atoms with van der Waals surface area (Å²) in [6.07, 6.45) is 4.80. The summed E-state index contributed by atoms with van der Waals surface area (Å²) >= 11 is 7.87. The number of hydrogen-bond acceptors (Lipinski definition) is 11. The Morgan fingerprint density at radius 2 is 1.54 bits per heavy atom. The maximum Gasteiger partial charge on any atom is 0.264 e. The third-order valence-corrected chi connectivity index (χ3v) is 14.0. The van der Waals surface area contributed by atoms with Gasteiger partial charge in [0.1, 0.15) is 0 Å². The highest BCUT2D eigenvalue weighted by molar-refractivity contribution is 7.99. The first kappa shape index (κ1) is 47.4. The molecule has 1 aliphatic heterocycles. The minimum absolute atomic E-state index is 0.0224. The molecule has 15 heteroatoms. The Kier molecular flexibility index (Phi) is 17.7. The molecule has 0 aromatic heterocycles. The first-order valence-corrected chi connectivity index (χ1v) is 24.3. The second kappa shape index (κ2) is 23.6. The van der Waals surface area contributed by atoms with Crippen molar-refractivity contribution in [3.63, 3.8) is 0 Å². The number of nitrogens with two attached hydrogens (primary N) is 1. The second-order valence-electron chi connectivity index (χ2n) is 15.9. The Morgan fingerprint density at radius 3 is 2.25 bits per heavy atom. The predicted molar refractivity (Wildman–Crippen MR) is 256 cm³/mol. The second-order valence-corrected chi connectivity index (χ2v) is 19.1. The number of piperazine rings is 1. The average Bonchev–Trinajstić information content (AvgIpc) is 3.29. The van der Waals surface area contributed by atoms with Crippen molar-refractivity contribution in [1.29, 1.82) is 0 Å². The maximum atomic E-state index is 13.5. The van der Waals surface area contributed by atoms with Gasteiger partial charge >= 0.3 is 0 Å². The molecule has 1 aliphatic rings. The molecule has 1 fully saturated rings. The molecule has 334 valence electrons. The molecule has 0 unspecified atom stereocenters. The largest absolute Gasteiger partial charge is 0.397 e. The molecule has 12 nitrogen and oxygen atoms in total. The van der Waals surface area contributed by atoms with Crippen LogP contribution < -0.4 is 26.2 Å². The minimum atomic E-state index is -4.22. The number of carbonyl (C=O) groups is 2. The molecule has 1 heterocycles. The maximum absolute atomic E-state index is 13.5. The van der Waals surface area contributed by atoms with Gasteiger partial charge in [-0.2, -0.15) is 0 Å². The summed E-state index contributed by atoms with van der Waals surface area (Å²) in [5.41, 5.74) is 13.8. The van der Waals surface area contributed by atoms with Crippen LogP contribution in [-0.2, 0) is 21.4 Å². The number of sulfonamides is 1. The Balaban J connectivity index is 0.996. The summed E-state index contributed by atoms with van der Waals surface area (Å²) in [4.78, 5) is 32.5. The molecule has 63 heavy (non-hydrogen) atoms. The summed E-state index contributed by atoms with van der Waals surface area (Å²) in [6, 6.07) is 38.1. The molecule has 1 atom stereocenters. The number of hydroxylamine groups is 1. The molecular formula is C48H58ClN7O5S2.